The standard InChI is InChI=1S/C32H40ClF2N7O3/c1-18(36-2)16-37-29(19-8-5-4-6-9-19)32(44)42-13-7-10-25(42)31(43)41-24-14-20-23(15-26(24)45-3)38-17-39-30(20)40-22-12-11-21(34)27(33)28(22)35/h11-12,14-15,17-19,25,29,36-37H,4-10,13,16H2,1-3H3,(H,41,43)(H,38,39,40)/t18-,25-,29-/m0/s1. The summed E-state index contributed by atoms with van der Waals surface area (Å²) in [6.07, 6.45) is 7.92. The van der Waals surface area contributed by atoms with Crippen LogP contribution in [0.1, 0.15) is 51.9 Å². The molecule has 1 aliphatic heterocycles. The number of ether oxygens (including phenoxy) is 1. The number of anilines is 3. The lowest BCUT2D eigenvalue weighted by Gasteiger charge is -2.35. The number of likely N-dealkylation sites (N-methyl/N-ethyl adjacent to an activating group) is 1. The smallest absolute Gasteiger partial charge is 0.247 e. The summed E-state index contributed by atoms with van der Waals surface area (Å²) in [5, 5.41) is 12.4. The Balaban J connectivity index is 1.39. The highest BCUT2D eigenvalue weighted by Gasteiger charge is 2.40. The first-order valence-corrected chi connectivity index (χ1v) is 15.8. The maximum atomic E-state index is 14.7. The Bertz CT molecular complexity index is 1540. The number of amides is 2. The van der Waals surface area contributed by atoms with Gasteiger partial charge in [0.25, 0.3) is 0 Å². The van der Waals surface area contributed by atoms with E-state index in [0.717, 1.165) is 38.2 Å². The molecular weight excluding hydrogens is 604 g/mol. The summed E-state index contributed by atoms with van der Waals surface area (Å²) >= 11 is 5.77. The Hall–Kier alpha value is -3.61. The highest BCUT2D eigenvalue weighted by molar-refractivity contribution is 6.31. The Morgan fingerprint density at radius 3 is 2.60 bits per heavy atom. The third-order valence-electron chi connectivity index (χ3n) is 8.87. The molecule has 5 rings (SSSR count). The van der Waals surface area contributed by atoms with Gasteiger partial charge in [0, 0.05) is 30.6 Å². The minimum atomic E-state index is -0.960. The van der Waals surface area contributed by atoms with Crippen molar-refractivity contribution in [1.82, 2.24) is 25.5 Å². The van der Waals surface area contributed by atoms with Crippen molar-refractivity contribution in [3.8, 4) is 5.75 Å². The van der Waals surface area contributed by atoms with Gasteiger partial charge in [-0.25, -0.2) is 18.7 Å². The molecule has 1 saturated heterocycles. The third kappa shape index (κ3) is 7.29. The van der Waals surface area contributed by atoms with Crippen LogP contribution in [0.25, 0.3) is 10.9 Å². The number of hydrogen-bond donors (Lipinski definition) is 4. The molecule has 4 N–H and O–H groups in total. The maximum Gasteiger partial charge on any atom is 0.247 e. The van der Waals surface area contributed by atoms with E-state index in [4.69, 9.17) is 16.3 Å². The minimum absolute atomic E-state index is 0.0341. The van der Waals surface area contributed by atoms with Crippen LogP contribution in [0.3, 0.4) is 0 Å². The number of carbonyl (C=O) groups excluding carboxylic acids is 2. The molecule has 2 amide bonds. The van der Waals surface area contributed by atoms with Crippen LogP contribution in [0.5, 0.6) is 5.75 Å². The van der Waals surface area contributed by atoms with Gasteiger partial charge in [-0.3, -0.25) is 9.59 Å². The predicted molar refractivity (Wildman–Crippen MR) is 171 cm³/mol. The van der Waals surface area contributed by atoms with Gasteiger partial charge in [0.05, 0.1) is 30.0 Å². The highest BCUT2D eigenvalue weighted by atomic mass is 35.5. The Morgan fingerprint density at radius 1 is 1.09 bits per heavy atom. The van der Waals surface area contributed by atoms with Crippen molar-refractivity contribution in [2.24, 2.45) is 5.92 Å². The van der Waals surface area contributed by atoms with Crippen molar-refractivity contribution < 1.29 is 23.1 Å². The number of carbonyl (C=O) groups is 2. The fourth-order valence-electron chi connectivity index (χ4n) is 6.23. The molecule has 0 spiro atoms. The molecule has 13 heteroatoms. The Kier molecular flexibility index (Phi) is 10.7. The highest BCUT2D eigenvalue weighted by Crippen LogP contribution is 2.35. The molecule has 2 aromatic carbocycles. The van der Waals surface area contributed by atoms with Crippen molar-refractivity contribution >= 4 is 51.5 Å². The monoisotopic (exact) mass is 643 g/mol. The molecule has 1 aliphatic carbocycles. The van der Waals surface area contributed by atoms with E-state index in [2.05, 4.69) is 38.2 Å². The second kappa shape index (κ2) is 14.7. The number of rotatable bonds is 11. The number of hydrogen-bond acceptors (Lipinski definition) is 8. The third-order valence-corrected chi connectivity index (χ3v) is 9.21. The molecule has 2 aliphatic rings. The van der Waals surface area contributed by atoms with Gasteiger partial charge >= 0.3 is 0 Å². The molecule has 0 bridgehead atoms. The van der Waals surface area contributed by atoms with Gasteiger partial charge in [-0.15, -0.1) is 0 Å². The van der Waals surface area contributed by atoms with E-state index in [0.29, 0.717) is 41.9 Å². The second-order valence-electron chi connectivity index (χ2n) is 11.8. The number of nitrogens with zero attached hydrogens (tertiary/aromatic N) is 3. The summed E-state index contributed by atoms with van der Waals surface area (Å²) in [6, 6.07) is 4.73. The summed E-state index contributed by atoms with van der Waals surface area (Å²) in [4.78, 5) is 38.1. The molecule has 2 fully saturated rings. The van der Waals surface area contributed by atoms with E-state index >= 15 is 0 Å². The number of methoxy groups -OCH3 is 1. The molecule has 242 valence electrons. The first kappa shape index (κ1) is 32.8. The van der Waals surface area contributed by atoms with Crippen molar-refractivity contribution in [2.75, 3.05) is 37.9 Å². The molecular formula is C32H40ClF2N7O3. The molecule has 1 saturated carbocycles. The Morgan fingerprint density at radius 2 is 1.87 bits per heavy atom. The fraction of sp³-hybridized carbons (Fsp3) is 0.500. The molecule has 3 atom stereocenters. The van der Waals surface area contributed by atoms with Crippen molar-refractivity contribution in [3.05, 3.63) is 47.2 Å². The SMILES string of the molecule is CN[C@@H](C)CN[C@H](C(=O)N1CCC[C@H]1C(=O)Nc1cc2c(Nc3ccc(F)c(Cl)c3F)ncnc2cc1OC)C1CCCCC1. The average molecular weight is 644 g/mol. The van der Waals surface area contributed by atoms with Gasteiger partial charge in [-0.1, -0.05) is 30.9 Å². The molecule has 2 heterocycles. The van der Waals surface area contributed by atoms with Crippen LogP contribution in [0.15, 0.2) is 30.6 Å². The molecule has 3 aromatic rings. The summed E-state index contributed by atoms with van der Waals surface area (Å²) in [5.74, 6) is -1.40. The lowest BCUT2D eigenvalue weighted by Crippen LogP contribution is -2.55. The normalized spacial score (nSPS) is 18.5. The zero-order valence-corrected chi connectivity index (χ0v) is 26.5. The number of benzene rings is 2. The van der Waals surface area contributed by atoms with Gasteiger partial charge in [-0.2, -0.15) is 0 Å². The maximum absolute atomic E-state index is 14.7. The summed E-state index contributed by atoms with van der Waals surface area (Å²) < 4.78 is 34.0. The van der Waals surface area contributed by atoms with Crippen LogP contribution in [-0.2, 0) is 9.59 Å². The van der Waals surface area contributed by atoms with E-state index in [1.54, 1.807) is 17.0 Å². The van der Waals surface area contributed by atoms with E-state index in [1.165, 1.54) is 25.9 Å². The van der Waals surface area contributed by atoms with Gasteiger partial charge in [-0.05, 0) is 63.8 Å². The number of halogens is 3. The van der Waals surface area contributed by atoms with Crippen LogP contribution < -0.4 is 26.0 Å². The van der Waals surface area contributed by atoms with Crippen molar-refractivity contribution in [3.63, 3.8) is 0 Å². The molecule has 10 nitrogen and oxygen atoms in total. The minimum Gasteiger partial charge on any atom is -0.494 e. The van der Waals surface area contributed by atoms with E-state index in [9.17, 15) is 18.4 Å². The van der Waals surface area contributed by atoms with Crippen molar-refractivity contribution in [1.29, 1.82) is 0 Å². The average Bonchev–Trinajstić information content (AvgIpc) is 3.56. The number of likely N-dealkylation sites (tertiary alicyclic amines) is 1. The van der Waals surface area contributed by atoms with Gasteiger partial charge in [0.15, 0.2) is 5.82 Å². The topological polar surface area (TPSA) is 121 Å². The predicted octanol–water partition coefficient (Wildman–Crippen LogP) is 5.39. The first-order valence-electron chi connectivity index (χ1n) is 15.5. The van der Waals surface area contributed by atoms with Crippen LogP contribution >= 0.6 is 11.6 Å². The van der Waals surface area contributed by atoms with Crippen molar-refractivity contribution in [2.45, 2.75) is 70.0 Å². The lowest BCUT2D eigenvalue weighted by atomic mass is 9.83. The molecule has 1 aromatic heterocycles. The molecule has 0 unspecified atom stereocenters. The number of nitrogens with one attached hydrogen (secondary N) is 4. The summed E-state index contributed by atoms with van der Waals surface area (Å²) in [7, 11) is 3.37. The number of aromatic nitrogens is 2. The van der Waals surface area contributed by atoms with Gasteiger partial charge in [0.1, 0.15) is 34.8 Å². The van der Waals surface area contributed by atoms with Crippen LogP contribution in [-0.4, -0.2) is 72.1 Å². The number of fused-ring (bicyclic) bond motifs is 1. The quantitative estimate of drug-likeness (QED) is 0.205. The first-order chi connectivity index (χ1) is 21.7. The Labute approximate surface area is 266 Å². The zero-order valence-electron chi connectivity index (χ0n) is 25.8. The van der Waals surface area contributed by atoms with Gasteiger partial charge < -0.3 is 30.9 Å². The van der Waals surface area contributed by atoms with Crippen LogP contribution in [0.4, 0.5) is 26.0 Å². The summed E-state index contributed by atoms with van der Waals surface area (Å²) in [5.41, 5.74) is 0.730. The molecule has 0 radical (unpaired) electrons. The van der Waals surface area contributed by atoms with E-state index < -0.39 is 22.7 Å². The van der Waals surface area contributed by atoms with Crippen LogP contribution in [0.2, 0.25) is 5.02 Å². The zero-order chi connectivity index (χ0) is 32.1. The molecule has 45 heavy (non-hydrogen) atoms. The van der Waals surface area contributed by atoms with E-state index in [-0.39, 0.29) is 41.3 Å². The largest absolute Gasteiger partial charge is 0.494 e. The van der Waals surface area contributed by atoms with Gasteiger partial charge in [0.2, 0.25) is 11.8 Å². The van der Waals surface area contributed by atoms with E-state index in [1.807, 2.05) is 7.05 Å². The lowest BCUT2D eigenvalue weighted by molar-refractivity contribution is -0.140. The second-order valence-corrected chi connectivity index (χ2v) is 12.2. The van der Waals surface area contributed by atoms with Crippen LogP contribution in [0, 0.1) is 17.6 Å². The summed E-state index contributed by atoms with van der Waals surface area (Å²) in [6.45, 7) is 3.22. The fourth-order valence-corrected chi connectivity index (χ4v) is 6.39.